The van der Waals surface area contributed by atoms with Crippen molar-refractivity contribution >= 4 is 11.9 Å². The van der Waals surface area contributed by atoms with E-state index in [0.717, 1.165) is 51.4 Å². The Kier molecular flexibility index (Phi) is 68.4. The van der Waals surface area contributed by atoms with Gasteiger partial charge in [-0.05, 0) is 51.4 Å². The predicted octanol–water partition coefficient (Wildman–Crippen LogP) is 23.7. The average Bonchev–Trinajstić information content (AvgIpc) is 3.46. The Morgan fingerprint density at radius 3 is 0.988 bits per heavy atom. The summed E-state index contributed by atoms with van der Waals surface area (Å²) in [5.41, 5.74) is 0. The molecule has 3 N–H and O–H groups in total. The van der Waals surface area contributed by atoms with Gasteiger partial charge >= 0.3 is 5.97 Å². The van der Waals surface area contributed by atoms with Gasteiger partial charge in [0, 0.05) is 12.8 Å². The second-order valence-electron chi connectivity index (χ2n) is 25.3. The minimum atomic E-state index is -0.662. The van der Waals surface area contributed by atoms with Gasteiger partial charge in [-0.15, -0.1) is 0 Å². The summed E-state index contributed by atoms with van der Waals surface area (Å²) in [7, 11) is 0. The molecule has 474 valence electrons. The van der Waals surface area contributed by atoms with E-state index >= 15 is 0 Å². The Balaban J connectivity index is 3.34. The number of ether oxygens (including phenoxy) is 1. The summed E-state index contributed by atoms with van der Waals surface area (Å²) in [5, 5.41) is 23.4. The molecule has 0 aromatic carbocycles. The number of nitrogens with one attached hydrogen (secondary N) is 1. The van der Waals surface area contributed by atoms with Crippen molar-refractivity contribution in [3.63, 3.8) is 0 Å². The van der Waals surface area contributed by atoms with E-state index in [1.807, 2.05) is 0 Å². The molecule has 2 unspecified atom stereocenters. The summed E-state index contributed by atoms with van der Waals surface area (Å²) < 4.78 is 5.48. The molecule has 2 atom stereocenters. The number of aliphatic hydroxyl groups is 2. The van der Waals surface area contributed by atoms with Crippen LogP contribution in [0.5, 0.6) is 0 Å². The molecule has 0 aliphatic rings. The highest BCUT2D eigenvalue weighted by Crippen LogP contribution is 2.20. The van der Waals surface area contributed by atoms with E-state index in [9.17, 15) is 19.8 Å². The second-order valence-corrected chi connectivity index (χ2v) is 25.3. The van der Waals surface area contributed by atoms with Crippen LogP contribution in [0.25, 0.3) is 0 Å². The molecule has 6 nitrogen and oxygen atoms in total. The summed E-state index contributed by atoms with van der Waals surface area (Å²) >= 11 is 0. The number of aliphatic hydroxyl groups excluding tert-OH is 2. The zero-order valence-corrected chi connectivity index (χ0v) is 54.3. The number of amides is 1. The van der Waals surface area contributed by atoms with Gasteiger partial charge in [0.1, 0.15) is 0 Å². The predicted molar refractivity (Wildman–Crippen MR) is 352 cm³/mol. The molecule has 0 rings (SSSR count). The number of esters is 1. The zero-order valence-electron chi connectivity index (χ0n) is 54.3. The van der Waals surface area contributed by atoms with Crippen molar-refractivity contribution in [3.05, 3.63) is 24.3 Å². The lowest BCUT2D eigenvalue weighted by molar-refractivity contribution is -0.143. The van der Waals surface area contributed by atoms with Crippen LogP contribution in [0.4, 0.5) is 0 Å². The van der Waals surface area contributed by atoms with E-state index in [0.29, 0.717) is 25.9 Å². The van der Waals surface area contributed by atoms with Crippen molar-refractivity contribution < 1.29 is 24.5 Å². The summed E-state index contributed by atoms with van der Waals surface area (Å²) in [5.74, 6) is -0.0213. The van der Waals surface area contributed by atoms with Crippen LogP contribution < -0.4 is 5.32 Å². The first kappa shape index (κ1) is 78.3. The minimum Gasteiger partial charge on any atom is -0.466 e. The lowest BCUT2D eigenvalue weighted by Gasteiger charge is -2.22. The third-order valence-electron chi connectivity index (χ3n) is 17.3. The van der Waals surface area contributed by atoms with Gasteiger partial charge in [0.2, 0.25) is 5.91 Å². The normalized spacial score (nSPS) is 12.6. The molecule has 0 aliphatic carbocycles. The smallest absolute Gasteiger partial charge is 0.305 e. The maximum absolute atomic E-state index is 12.5. The van der Waals surface area contributed by atoms with Crippen molar-refractivity contribution in [2.24, 2.45) is 0 Å². The van der Waals surface area contributed by atoms with Crippen LogP contribution in [-0.2, 0) is 14.3 Å². The highest BCUT2D eigenvalue weighted by Gasteiger charge is 2.20. The fourth-order valence-corrected chi connectivity index (χ4v) is 11.7. The maximum atomic E-state index is 12.5. The number of hydrogen-bond donors (Lipinski definition) is 3. The number of carbonyl (C=O) groups excluding carboxylic acids is 2. The van der Waals surface area contributed by atoms with Crippen LogP contribution >= 0.6 is 0 Å². The average molecular weight is 1130 g/mol. The molecule has 80 heavy (non-hydrogen) atoms. The highest BCUT2D eigenvalue weighted by atomic mass is 16.5. The van der Waals surface area contributed by atoms with E-state index in [4.69, 9.17) is 4.74 Å². The second kappa shape index (κ2) is 69.8. The van der Waals surface area contributed by atoms with Crippen LogP contribution in [0.1, 0.15) is 412 Å². The van der Waals surface area contributed by atoms with Gasteiger partial charge in [-0.2, -0.15) is 0 Å². The summed E-state index contributed by atoms with van der Waals surface area (Å²) in [6, 6.07) is -0.539. The van der Waals surface area contributed by atoms with E-state index in [1.54, 1.807) is 0 Å². The van der Waals surface area contributed by atoms with Gasteiger partial charge in [-0.1, -0.05) is 372 Å². The maximum Gasteiger partial charge on any atom is 0.305 e. The first-order valence-corrected chi connectivity index (χ1v) is 36.6. The molecule has 6 heteroatoms. The number of allylic oxidation sites excluding steroid dienone is 4. The lowest BCUT2D eigenvalue weighted by Crippen LogP contribution is -2.45. The van der Waals surface area contributed by atoms with Crippen molar-refractivity contribution in [1.29, 1.82) is 0 Å². The number of carbonyl (C=O) groups is 2. The minimum absolute atomic E-state index is 0.00557. The fraction of sp³-hybridized carbons (Fsp3) is 0.919. The molecule has 0 heterocycles. The van der Waals surface area contributed by atoms with Crippen molar-refractivity contribution in [2.75, 3.05) is 13.2 Å². The molecule has 0 aromatic rings. The van der Waals surface area contributed by atoms with Gasteiger partial charge in [0.25, 0.3) is 0 Å². The molecule has 0 bridgehead atoms. The Labute approximate surface area is 501 Å². The van der Waals surface area contributed by atoms with Crippen LogP contribution in [0.2, 0.25) is 0 Å². The van der Waals surface area contributed by atoms with E-state index in [1.165, 1.54) is 327 Å². The largest absolute Gasteiger partial charge is 0.466 e. The molecular weight excluding hydrogens is 983 g/mol. The monoisotopic (exact) mass is 1130 g/mol. The Morgan fingerprint density at radius 2 is 0.637 bits per heavy atom. The quantitative estimate of drug-likeness (QED) is 0.0320. The number of unbranched alkanes of at least 4 members (excludes halogenated alkanes) is 54. The SMILES string of the molecule is CCCC/C=C\C/C=C\CCCCCCCC(=O)OCCCCCCCCCCCCCCCCCCCCCCCCCCCCCCCC(=O)NC(CO)C(O)CCCCCCCCCCCCCCCCCCCCCC. The van der Waals surface area contributed by atoms with Crippen LogP contribution in [0, 0.1) is 0 Å². The first-order valence-electron chi connectivity index (χ1n) is 36.6. The fourth-order valence-electron chi connectivity index (χ4n) is 11.7. The third-order valence-corrected chi connectivity index (χ3v) is 17.3. The number of rotatable bonds is 69. The van der Waals surface area contributed by atoms with Gasteiger partial charge in [-0.25, -0.2) is 0 Å². The molecular formula is C74H143NO5. The Hall–Kier alpha value is -1.66. The highest BCUT2D eigenvalue weighted by molar-refractivity contribution is 5.76. The van der Waals surface area contributed by atoms with E-state index in [-0.39, 0.29) is 18.5 Å². The lowest BCUT2D eigenvalue weighted by atomic mass is 10.0. The zero-order chi connectivity index (χ0) is 57.8. The van der Waals surface area contributed by atoms with Gasteiger partial charge in [0.05, 0.1) is 25.4 Å². The molecule has 0 fully saturated rings. The molecule has 0 aromatic heterocycles. The van der Waals surface area contributed by atoms with Crippen LogP contribution in [0.15, 0.2) is 24.3 Å². The third kappa shape index (κ3) is 65.5. The van der Waals surface area contributed by atoms with Crippen molar-refractivity contribution in [1.82, 2.24) is 5.32 Å². The molecule has 0 saturated carbocycles. The number of hydrogen-bond acceptors (Lipinski definition) is 5. The molecule has 0 radical (unpaired) electrons. The van der Waals surface area contributed by atoms with Crippen molar-refractivity contribution in [2.45, 2.75) is 424 Å². The van der Waals surface area contributed by atoms with Gasteiger partial charge < -0.3 is 20.3 Å². The summed E-state index contributed by atoms with van der Waals surface area (Å²) in [4.78, 5) is 24.6. The van der Waals surface area contributed by atoms with Crippen molar-refractivity contribution in [3.8, 4) is 0 Å². The van der Waals surface area contributed by atoms with E-state index in [2.05, 4.69) is 43.5 Å². The molecule has 1 amide bonds. The molecule has 0 saturated heterocycles. The topological polar surface area (TPSA) is 95.9 Å². The van der Waals surface area contributed by atoms with Crippen LogP contribution in [-0.4, -0.2) is 47.4 Å². The summed E-state index contributed by atoms with van der Waals surface area (Å²) in [6.07, 6.45) is 88.1. The van der Waals surface area contributed by atoms with Crippen LogP contribution in [0.3, 0.4) is 0 Å². The van der Waals surface area contributed by atoms with E-state index < -0.39 is 12.1 Å². The van der Waals surface area contributed by atoms with Gasteiger partial charge in [-0.3, -0.25) is 9.59 Å². The standard InChI is InChI=1S/C74H143NO5/c1-3-5-7-9-11-13-15-17-19-20-21-33-36-39-42-46-50-54-58-62-66-72(77)71(70-76)75-73(78)67-63-59-55-51-47-43-40-37-34-31-29-27-25-23-22-24-26-28-30-32-35-38-41-45-49-53-57-61-65-69-80-74(79)68-64-60-56-52-48-44-18-16-14-12-10-8-6-4-2/h10,12,16,18,71-72,76-77H,3-9,11,13-15,17,19-70H2,1-2H3,(H,75,78)/b12-10-,18-16-. The van der Waals surface area contributed by atoms with Gasteiger partial charge in [0.15, 0.2) is 0 Å². The first-order chi connectivity index (χ1) is 39.5. The Bertz CT molecular complexity index is 1250. The molecule has 0 aliphatic heterocycles. The summed E-state index contributed by atoms with van der Waals surface area (Å²) in [6.45, 7) is 4.95. The molecule has 0 spiro atoms. The Morgan fingerprint density at radius 1 is 0.350 bits per heavy atom.